The molecule has 0 fully saturated rings. The second-order valence-electron chi connectivity index (χ2n) is 2.32. The van der Waals surface area contributed by atoms with Gasteiger partial charge in [0.15, 0.2) is 0 Å². The summed E-state index contributed by atoms with van der Waals surface area (Å²) in [4.78, 5) is 0. The number of hydrogen-bond acceptors (Lipinski definition) is 1. The zero-order valence-electron chi connectivity index (χ0n) is 6.34. The minimum Gasteiger partial charge on any atom is -0.322 e. The lowest BCUT2D eigenvalue weighted by atomic mass is 10.1. The average Bonchev–Trinajstić information content (AvgIpc) is 2.03. The summed E-state index contributed by atoms with van der Waals surface area (Å²) in [6.45, 7) is -0.500. The first-order valence-corrected chi connectivity index (χ1v) is 4.39. The van der Waals surface area contributed by atoms with Crippen LogP contribution in [0.4, 0.5) is 4.39 Å². The molecule has 68 valence electrons. The lowest BCUT2D eigenvalue weighted by Gasteiger charge is -2.06. The van der Waals surface area contributed by atoms with Gasteiger partial charge in [-0.1, -0.05) is 12.1 Å². The highest BCUT2D eigenvalue weighted by Gasteiger charge is 2.03. The molecule has 0 heterocycles. The zero-order valence-corrected chi connectivity index (χ0v) is 9.31. The Kier molecular flexibility index (Phi) is 5.78. The minimum atomic E-state index is -0.500. The highest BCUT2D eigenvalue weighted by Crippen LogP contribution is 2.13. The van der Waals surface area contributed by atoms with E-state index >= 15 is 0 Å². The Balaban J connectivity index is 0.00000121. The van der Waals surface area contributed by atoms with E-state index in [0.29, 0.717) is 0 Å². The highest BCUT2D eigenvalue weighted by molar-refractivity contribution is 14.1. The van der Waals surface area contributed by atoms with Gasteiger partial charge in [0.1, 0.15) is 6.67 Å². The molecule has 0 unspecified atom stereocenters. The summed E-state index contributed by atoms with van der Waals surface area (Å²) in [5, 5.41) is 0. The Morgan fingerprint density at radius 2 is 2.17 bits per heavy atom. The van der Waals surface area contributed by atoms with Crippen molar-refractivity contribution in [3.63, 3.8) is 0 Å². The van der Waals surface area contributed by atoms with Crippen molar-refractivity contribution in [3.8, 4) is 0 Å². The normalized spacial score (nSPS) is 11.9. The van der Waals surface area contributed by atoms with Gasteiger partial charge >= 0.3 is 0 Å². The molecule has 4 heteroatoms. The first kappa shape index (κ1) is 12.1. The van der Waals surface area contributed by atoms with Crippen LogP contribution in [0.15, 0.2) is 24.3 Å². The van der Waals surface area contributed by atoms with Crippen LogP contribution in [0.25, 0.3) is 0 Å². The van der Waals surface area contributed by atoms with E-state index in [4.69, 9.17) is 5.73 Å². The van der Waals surface area contributed by atoms with Crippen LogP contribution in [0.3, 0.4) is 0 Å². The predicted octanol–water partition coefficient (Wildman–Crippen LogP) is 2.68. The van der Waals surface area contributed by atoms with Gasteiger partial charge in [0.05, 0.1) is 6.04 Å². The van der Waals surface area contributed by atoms with E-state index in [-0.39, 0.29) is 12.4 Å². The topological polar surface area (TPSA) is 26.0 Å². The van der Waals surface area contributed by atoms with Crippen molar-refractivity contribution in [3.05, 3.63) is 33.4 Å². The molecule has 0 aliphatic heterocycles. The van der Waals surface area contributed by atoms with Gasteiger partial charge in [-0.05, 0) is 40.3 Å². The molecule has 1 nitrogen and oxygen atoms in total. The maximum absolute atomic E-state index is 12.1. The fraction of sp³-hybridized carbons (Fsp3) is 0.250. The standard InChI is InChI=1S/C8H9FIN.ClH/c9-5-8(11)6-2-1-3-7(10)4-6;/h1-4,8H,5,11H2;1H/t8-;/m0./s1. The number of rotatable bonds is 2. The summed E-state index contributed by atoms with van der Waals surface area (Å²) in [6, 6.07) is 7.10. The molecular weight excluding hydrogens is 291 g/mol. The van der Waals surface area contributed by atoms with E-state index in [1.54, 1.807) is 0 Å². The van der Waals surface area contributed by atoms with E-state index in [0.717, 1.165) is 9.13 Å². The molecule has 12 heavy (non-hydrogen) atoms. The predicted molar refractivity (Wildman–Crippen MR) is 59.3 cm³/mol. The Morgan fingerprint density at radius 1 is 1.50 bits per heavy atom. The van der Waals surface area contributed by atoms with Gasteiger partial charge in [-0.3, -0.25) is 0 Å². The summed E-state index contributed by atoms with van der Waals surface area (Å²) < 4.78 is 13.2. The van der Waals surface area contributed by atoms with E-state index in [9.17, 15) is 4.39 Å². The molecule has 0 radical (unpaired) electrons. The molecule has 0 aliphatic rings. The molecule has 0 spiro atoms. The van der Waals surface area contributed by atoms with Crippen LogP contribution in [0.1, 0.15) is 11.6 Å². The van der Waals surface area contributed by atoms with Crippen LogP contribution in [0, 0.1) is 3.57 Å². The molecule has 0 bridgehead atoms. The molecule has 0 aromatic heterocycles. The van der Waals surface area contributed by atoms with Gasteiger partial charge in [-0.2, -0.15) is 0 Å². The number of alkyl halides is 1. The number of hydrogen-bond donors (Lipinski definition) is 1. The molecule has 0 saturated heterocycles. The van der Waals surface area contributed by atoms with Crippen molar-refractivity contribution in [1.82, 2.24) is 0 Å². The van der Waals surface area contributed by atoms with Crippen LogP contribution in [-0.2, 0) is 0 Å². The van der Waals surface area contributed by atoms with Crippen molar-refractivity contribution >= 4 is 35.0 Å². The molecule has 1 aromatic carbocycles. The van der Waals surface area contributed by atoms with Crippen molar-refractivity contribution < 1.29 is 4.39 Å². The maximum atomic E-state index is 12.1. The second kappa shape index (κ2) is 5.72. The van der Waals surface area contributed by atoms with Gasteiger partial charge in [-0.25, -0.2) is 4.39 Å². The SMILES string of the molecule is Cl.N[C@@H](CF)c1cccc(I)c1. The zero-order chi connectivity index (χ0) is 8.27. The monoisotopic (exact) mass is 301 g/mol. The van der Waals surface area contributed by atoms with E-state index < -0.39 is 12.7 Å². The summed E-state index contributed by atoms with van der Waals surface area (Å²) in [6.07, 6.45) is 0. The smallest absolute Gasteiger partial charge is 0.109 e. The van der Waals surface area contributed by atoms with E-state index in [1.165, 1.54) is 0 Å². The lowest BCUT2D eigenvalue weighted by molar-refractivity contribution is 0.437. The second-order valence-corrected chi connectivity index (χ2v) is 3.56. The van der Waals surface area contributed by atoms with Crippen molar-refractivity contribution in [2.45, 2.75) is 6.04 Å². The van der Waals surface area contributed by atoms with Crippen molar-refractivity contribution in [2.75, 3.05) is 6.67 Å². The summed E-state index contributed by atoms with van der Waals surface area (Å²) in [5.41, 5.74) is 6.35. The lowest BCUT2D eigenvalue weighted by Crippen LogP contribution is -2.11. The Morgan fingerprint density at radius 3 is 2.67 bits per heavy atom. The fourth-order valence-corrected chi connectivity index (χ4v) is 1.39. The first-order valence-electron chi connectivity index (χ1n) is 3.31. The third kappa shape index (κ3) is 3.25. The Bertz CT molecular complexity index is 244. The molecule has 0 aliphatic carbocycles. The van der Waals surface area contributed by atoms with Crippen LogP contribution >= 0.6 is 35.0 Å². The van der Waals surface area contributed by atoms with Crippen LogP contribution in [0.5, 0.6) is 0 Å². The fourth-order valence-electron chi connectivity index (χ4n) is 0.826. The van der Waals surface area contributed by atoms with Crippen LogP contribution in [0.2, 0.25) is 0 Å². The molecule has 1 aromatic rings. The highest BCUT2D eigenvalue weighted by atomic mass is 127. The minimum absolute atomic E-state index is 0. The summed E-state index contributed by atoms with van der Waals surface area (Å²) in [5.74, 6) is 0. The Labute approximate surface area is 91.1 Å². The number of nitrogens with two attached hydrogens (primary N) is 1. The van der Waals surface area contributed by atoms with Gasteiger partial charge in [0.25, 0.3) is 0 Å². The van der Waals surface area contributed by atoms with Gasteiger partial charge in [0, 0.05) is 3.57 Å². The van der Waals surface area contributed by atoms with Crippen LogP contribution < -0.4 is 5.73 Å². The van der Waals surface area contributed by atoms with Gasteiger partial charge in [0.2, 0.25) is 0 Å². The van der Waals surface area contributed by atoms with E-state index in [2.05, 4.69) is 22.6 Å². The van der Waals surface area contributed by atoms with Gasteiger partial charge in [-0.15, -0.1) is 12.4 Å². The first-order chi connectivity index (χ1) is 5.24. The third-order valence-electron chi connectivity index (χ3n) is 1.44. The largest absolute Gasteiger partial charge is 0.322 e. The molecule has 0 amide bonds. The Hall–Kier alpha value is 0.130. The molecule has 0 saturated carbocycles. The van der Waals surface area contributed by atoms with Crippen molar-refractivity contribution in [2.24, 2.45) is 5.73 Å². The van der Waals surface area contributed by atoms with Crippen molar-refractivity contribution in [1.29, 1.82) is 0 Å². The molecule has 2 N–H and O–H groups in total. The van der Waals surface area contributed by atoms with Crippen LogP contribution in [-0.4, -0.2) is 6.67 Å². The molecule has 1 rings (SSSR count). The average molecular weight is 302 g/mol. The number of benzene rings is 1. The number of halogens is 3. The quantitative estimate of drug-likeness (QED) is 0.835. The summed E-state index contributed by atoms with van der Waals surface area (Å²) in [7, 11) is 0. The summed E-state index contributed by atoms with van der Waals surface area (Å²) >= 11 is 2.18. The maximum Gasteiger partial charge on any atom is 0.109 e. The molecule has 1 atom stereocenters. The van der Waals surface area contributed by atoms with Gasteiger partial charge < -0.3 is 5.73 Å². The third-order valence-corrected chi connectivity index (χ3v) is 2.11. The molecular formula is C8H10ClFIN. The van der Waals surface area contributed by atoms with E-state index in [1.807, 2.05) is 24.3 Å².